The predicted molar refractivity (Wildman–Crippen MR) is 71.3 cm³/mol. The van der Waals surface area contributed by atoms with Gasteiger partial charge in [0, 0.05) is 24.3 Å². The van der Waals surface area contributed by atoms with Gasteiger partial charge in [-0.3, -0.25) is 4.90 Å². The molecule has 0 saturated carbocycles. The summed E-state index contributed by atoms with van der Waals surface area (Å²) in [6.07, 6.45) is 0. The first-order valence-corrected chi connectivity index (χ1v) is 6.28. The van der Waals surface area contributed by atoms with E-state index in [2.05, 4.69) is 30.7 Å². The monoisotopic (exact) mass is 252 g/mol. The Hall–Kier alpha value is -1.13. The average molecular weight is 252 g/mol. The lowest BCUT2D eigenvalue weighted by Gasteiger charge is -2.50. The van der Waals surface area contributed by atoms with E-state index in [0.29, 0.717) is 0 Å². The van der Waals surface area contributed by atoms with Crippen molar-refractivity contribution in [1.29, 1.82) is 0 Å². The van der Waals surface area contributed by atoms with Gasteiger partial charge in [0.2, 0.25) is 0 Å². The highest BCUT2D eigenvalue weighted by molar-refractivity contribution is 5.48. The van der Waals surface area contributed by atoms with E-state index in [0.717, 1.165) is 18.8 Å². The first kappa shape index (κ1) is 13.3. The van der Waals surface area contributed by atoms with Crippen LogP contribution in [0.4, 0.5) is 10.1 Å². The van der Waals surface area contributed by atoms with E-state index in [9.17, 15) is 9.50 Å². The summed E-state index contributed by atoms with van der Waals surface area (Å²) in [5.41, 5.74) is 1.01. The third-order valence-electron chi connectivity index (χ3n) is 3.89. The molecule has 1 N–H and O–H groups in total. The van der Waals surface area contributed by atoms with Crippen molar-refractivity contribution >= 4 is 5.69 Å². The first-order chi connectivity index (χ1) is 8.44. The summed E-state index contributed by atoms with van der Waals surface area (Å²) in [6.45, 7) is 6.09. The van der Waals surface area contributed by atoms with E-state index in [1.54, 1.807) is 12.1 Å². The molecule has 1 aromatic carbocycles. The highest BCUT2D eigenvalue weighted by atomic mass is 19.1. The number of piperazine rings is 1. The number of halogens is 1. The molecule has 18 heavy (non-hydrogen) atoms. The van der Waals surface area contributed by atoms with Crippen molar-refractivity contribution < 1.29 is 9.50 Å². The largest absolute Gasteiger partial charge is 0.394 e. The van der Waals surface area contributed by atoms with Gasteiger partial charge in [0.25, 0.3) is 0 Å². The van der Waals surface area contributed by atoms with Gasteiger partial charge in [-0.15, -0.1) is 0 Å². The molecule has 0 aromatic heterocycles. The maximum absolute atomic E-state index is 13.0. The van der Waals surface area contributed by atoms with E-state index in [4.69, 9.17) is 0 Å². The maximum atomic E-state index is 13.0. The molecule has 1 aliphatic rings. The molecule has 1 aliphatic heterocycles. The number of nitrogens with zero attached hydrogens (tertiary/aromatic N) is 2. The molecule has 0 bridgehead atoms. The molecular weight excluding hydrogens is 231 g/mol. The summed E-state index contributed by atoms with van der Waals surface area (Å²) in [6, 6.07) is 6.55. The van der Waals surface area contributed by atoms with Crippen LogP contribution in [0.25, 0.3) is 0 Å². The number of hydrogen-bond donors (Lipinski definition) is 1. The van der Waals surface area contributed by atoms with Crippen LogP contribution in [0.2, 0.25) is 0 Å². The van der Waals surface area contributed by atoms with Gasteiger partial charge in [-0.2, -0.15) is 0 Å². The summed E-state index contributed by atoms with van der Waals surface area (Å²) in [4.78, 5) is 4.42. The zero-order chi connectivity index (χ0) is 13.3. The lowest BCUT2D eigenvalue weighted by Crippen LogP contribution is -2.63. The molecule has 0 spiro atoms. The van der Waals surface area contributed by atoms with Crippen molar-refractivity contribution in [3.8, 4) is 0 Å². The Bertz CT molecular complexity index is 405. The Morgan fingerprint density at radius 3 is 2.50 bits per heavy atom. The molecule has 1 aromatic rings. The van der Waals surface area contributed by atoms with Gasteiger partial charge >= 0.3 is 0 Å². The molecule has 1 saturated heterocycles. The van der Waals surface area contributed by atoms with Crippen molar-refractivity contribution in [2.24, 2.45) is 0 Å². The Balaban J connectivity index is 2.26. The normalized spacial score (nSPS) is 24.3. The van der Waals surface area contributed by atoms with Gasteiger partial charge in [0.15, 0.2) is 0 Å². The maximum Gasteiger partial charge on any atom is 0.123 e. The Morgan fingerprint density at radius 1 is 1.33 bits per heavy atom. The Labute approximate surface area is 108 Å². The number of benzene rings is 1. The number of aliphatic hydroxyl groups excluding tert-OH is 1. The molecule has 0 aliphatic carbocycles. The zero-order valence-electron chi connectivity index (χ0n) is 11.2. The summed E-state index contributed by atoms with van der Waals surface area (Å²) in [7, 11) is 2.07. The van der Waals surface area contributed by atoms with Crippen molar-refractivity contribution in [2.45, 2.75) is 25.4 Å². The molecule has 1 atom stereocenters. The van der Waals surface area contributed by atoms with Gasteiger partial charge in [0.05, 0.1) is 12.6 Å². The van der Waals surface area contributed by atoms with Crippen molar-refractivity contribution in [1.82, 2.24) is 4.90 Å². The van der Waals surface area contributed by atoms with Crippen LogP contribution in [0.15, 0.2) is 24.3 Å². The van der Waals surface area contributed by atoms with Gasteiger partial charge < -0.3 is 10.0 Å². The molecule has 3 nitrogen and oxygen atoms in total. The van der Waals surface area contributed by atoms with Crippen LogP contribution >= 0.6 is 0 Å². The SMILES string of the molecule is CN1CC(CO)N(c2ccc(F)cc2)CC1(C)C. The molecule has 4 heteroatoms. The lowest BCUT2D eigenvalue weighted by atomic mass is 9.96. The van der Waals surface area contributed by atoms with Gasteiger partial charge in [0.1, 0.15) is 5.82 Å². The van der Waals surface area contributed by atoms with E-state index < -0.39 is 0 Å². The standard InChI is InChI=1S/C14H21FN2O/c1-14(2)10-17(13(9-18)8-16(14)3)12-6-4-11(15)5-7-12/h4-7,13,18H,8-10H2,1-3H3. The molecule has 2 rings (SSSR count). The number of anilines is 1. The quantitative estimate of drug-likeness (QED) is 0.868. The number of rotatable bonds is 2. The molecular formula is C14H21FN2O. The lowest BCUT2D eigenvalue weighted by molar-refractivity contribution is 0.0932. The fourth-order valence-electron chi connectivity index (χ4n) is 2.42. The third-order valence-corrected chi connectivity index (χ3v) is 3.89. The summed E-state index contributed by atoms with van der Waals surface area (Å²) >= 11 is 0. The van der Waals surface area contributed by atoms with Gasteiger partial charge in [-0.1, -0.05) is 0 Å². The number of hydrogen-bond acceptors (Lipinski definition) is 3. The van der Waals surface area contributed by atoms with Crippen LogP contribution in [-0.4, -0.2) is 48.3 Å². The fraction of sp³-hybridized carbons (Fsp3) is 0.571. The smallest absolute Gasteiger partial charge is 0.123 e. The average Bonchev–Trinajstić information content (AvgIpc) is 2.33. The van der Waals surface area contributed by atoms with E-state index in [-0.39, 0.29) is 24.0 Å². The fourth-order valence-corrected chi connectivity index (χ4v) is 2.42. The van der Waals surface area contributed by atoms with Crippen LogP contribution in [0.3, 0.4) is 0 Å². The van der Waals surface area contributed by atoms with Crippen LogP contribution < -0.4 is 4.90 Å². The molecule has 100 valence electrons. The molecule has 1 heterocycles. The van der Waals surface area contributed by atoms with E-state index in [1.807, 2.05) is 0 Å². The second kappa shape index (κ2) is 4.86. The van der Waals surface area contributed by atoms with Crippen molar-refractivity contribution in [3.63, 3.8) is 0 Å². The minimum atomic E-state index is -0.229. The summed E-state index contributed by atoms with van der Waals surface area (Å²) in [5, 5.41) is 9.52. The predicted octanol–water partition coefficient (Wildman–Crippen LogP) is 1.72. The van der Waals surface area contributed by atoms with Gasteiger partial charge in [-0.25, -0.2) is 4.39 Å². The highest BCUT2D eigenvalue weighted by Gasteiger charge is 2.36. The van der Waals surface area contributed by atoms with Gasteiger partial charge in [-0.05, 0) is 45.2 Å². The third kappa shape index (κ3) is 2.49. The van der Waals surface area contributed by atoms with E-state index >= 15 is 0 Å². The number of aliphatic hydroxyl groups is 1. The summed E-state index contributed by atoms with van der Waals surface area (Å²) < 4.78 is 13.0. The Kier molecular flexibility index (Phi) is 3.59. The minimum absolute atomic E-state index is 0.0417. The highest BCUT2D eigenvalue weighted by Crippen LogP contribution is 2.27. The molecule has 0 radical (unpaired) electrons. The molecule has 0 amide bonds. The van der Waals surface area contributed by atoms with Crippen LogP contribution in [0.1, 0.15) is 13.8 Å². The molecule has 1 unspecified atom stereocenters. The van der Waals surface area contributed by atoms with Crippen molar-refractivity contribution in [3.05, 3.63) is 30.1 Å². The molecule has 1 fully saturated rings. The van der Waals surface area contributed by atoms with Crippen molar-refractivity contribution in [2.75, 3.05) is 31.6 Å². The Morgan fingerprint density at radius 2 is 1.94 bits per heavy atom. The second-order valence-electron chi connectivity index (χ2n) is 5.63. The zero-order valence-corrected chi connectivity index (χ0v) is 11.2. The second-order valence-corrected chi connectivity index (χ2v) is 5.63. The van der Waals surface area contributed by atoms with E-state index in [1.165, 1.54) is 12.1 Å². The van der Waals surface area contributed by atoms with Crippen LogP contribution in [0.5, 0.6) is 0 Å². The summed E-state index contributed by atoms with van der Waals surface area (Å²) in [5.74, 6) is -0.229. The number of likely N-dealkylation sites (N-methyl/N-ethyl adjacent to an activating group) is 1. The topological polar surface area (TPSA) is 26.7 Å². The van der Waals surface area contributed by atoms with Crippen LogP contribution in [0, 0.1) is 5.82 Å². The van der Waals surface area contributed by atoms with Crippen LogP contribution in [-0.2, 0) is 0 Å². The minimum Gasteiger partial charge on any atom is -0.394 e. The first-order valence-electron chi connectivity index (χ1n) is 6.28.